The average molecular weight is 520 g/mol. The summed E-state index contributed by atoms with van der Waals surface area (Å²) in [7, 11) is 3.27. The van der Waals surface area contributed by atoms with Gasteiger partial charge in [0.2, 0.25) is 5.88 Å². The van der Waals surface area contributed by atoms with E-state index in [4.69, 9.17) is 9.47 Å². The molecule has 3 heterocycles. The Morgan fingerprint density at radius 3 is 2.68 bits per heavy atom. The van der Waals surface area contributed by atoms with Crippen LogP contribution >= 0.6 is 0 Å². The van der Waals surface area contributed by atoms with Gasteiger partial charge >= 0.3 is 6.03 Å². The van der Waals surface area contributed by atoms with E-state index in [9.17, 15) is 14.7 Å². The zero-order chi connectivity index (χ0) is 27.2. The number of hydrogen-bond acceptors (Lipinski definition) is 7. The highest BCUT2D eigenvalue weighted by atomic mass is 16.5. The van der Waals surface area contributed by atoms with Crippen LogP contribution in [0.15, 0.2) is 61.1 Å². The van der Waals surface area contributed by atoms with Crippen LogP contribution < -0.4 is 14.8 Å². The predicted molar refractivity (Wildman–Crippen MR) is 143 cm³/mol. The number of rotatable bonds is 7. The molecular weight excluding hydrogens is 486 g/mol. The maximum absolute atomic E-state index is 13.6. The minimum atomic E-state index is -0.460. The van der Waals surface area contributed by atoms with E-state index in [1.54, 1.807) is 74.9 Å². The van der Waals surface area contributed by atoms with Crippen LogP contribution in [0.25, 0.3) is 11.1 Å². The average Bonchev–Trinajstić information content (AvgIpc) is 2.95. The van der Waals surface area contributed by atoms with E-state index in [1.165, 1.54) is 4.90 Å². The Hall–Kier alpha value is -4.18. The van der Waals surface area contributed by atoms with Crippen molar-refractivity contribution >= 4 is 17.6 Å². The minimum Gasteiger partial charge on any atom is -0.497 e. The number of fused-ring (bicyclic) bond motifs is 1. The van der Waals surface area contributed by atoms with Gasteiger partial charge in [-0.15, -0.1) is 0 Å². The van der Waals surface area contributed by atoms with Gasteiger partial charge in [0.25, 0.3) is 5.91 Å². The molecular formula is C28H33N5O5. The third-order valence-electron chi connectivity index (χ3n) is 6.66. The topological polar surface area (TPSA) is 117 Å². The molecule has 3 aromatic rings. The molecule has 10 nitrogen and oxygen atoms in total. The quantitative estimate of drug-likeness (QED) is 0.490. The van der Waals surface area contributed by atoms with Gasteiger partial charge in [-0.25, -0.2) is 9.78 Å². The zero-order valence-corrected chi connectivity index (χ0v) is 22.0. The first-order valence-corrected chi connectivity index (χ1v) is 12.5. The highest BCUT2D eigenvalue weighted by Gasteiger charge is 2.34. The van der Waals surface area contributed by atoms with Crippen molar-refractivity contribution in [2.24, 2.45) is 5.92 Å². The van der Waals surface area contributed by atoms with Crippen LogP contribution in [0, 0.1) is 5.92 Å². The van der Waals surface area contributed by atoms with Crippen LogP contribution in [-0.2, 0) is 0 Å². The number of nitrogens with one attached hydrogen (secondary N) is 1. The van der Waals surface area contributed by atoms with E-state index in [0.29, 0.717) is 23.5 Å². The van der Waals surface area contributed by atoms with Gasteiger partial charge in [0.15, 0.2) is 0 Å². The molecule has 0 saturated carbocycles. The Morgan fingerprint density at radius 2 is 2.03 bits per heavy atom. The molecule has 0 unspecified atom stereocenters. The third kappa shape index (κ3) is 6.03. The van der Waals surface area contributed by atoms with Crippen LogP contribution in [0.5, 0.6) is 11.6 Å². The smallest absolute Gasteiger partial charge is 0.321 e. The summed E-state index contributed by atoms with van der Waals surface area (Å²) in [5, 5.41) is 12.7. The molecule has 4 rings (SSSR count). The molecule has 0 saturated heterocycles. The lowest BCUT2D eigenvalue weighted by Crippen LogP contribution is -2.50. The molecule has 3 atom stereocenters. The standard InChI is InChI=1S/C28H33N5O5/c1-18-15-33(19(2)17-34)27(35)24-12-21(20-6-5-11-29-13-20)14-30-26(24)38-25(18)16-32(3)28(36)31-22-7-9-23(37-4)10-8-22/h5-14,18-19,25,34H,15-17H2,1-4H3,(H,31,36)/t18-,19+,25+/m0/s1. The van der Waals surface area contributed by atoms with Crippen molar-refractivity contribution in [3.63, 3.8) is 0 Å². The number of likely N-dealkylation sites (N-methyl/N-ethyl adjacent to an activating group) is 1. The fourth-order valence-electron chi connectivity index (χ4n) is 4.26. The first-order valence-electron chi connectivity index (χ1n) is 12.5. The van der Waals surface area contributed by atoms with Crippen molar-refractivity contribution < 1.29 is 24.2 Å². The summed E-state index contributed by atoms with van der Waals surface area (Å²) < 4.78 is 11.5. The number of urea groups is 1. The van der Waals surface area contributed by atoms with Crippen LogP contribution in [-0.4, -0.2) is 82.8 Å². The van der Waals surface area contributed by atoms with Crippen molar-refractivity contribution in [2.45, 2.75) is 26.0 Å². The first kappa shape index (κ1) is 26.9. The van der Waals surface area contributed by atoms with Crippen LogP contribution in [0.4, 0.5) is 10.5 Å². The van der Waals surface area contributed by atoms with Gasteiger partial charge in [-0.2, -0.15) is 0 Å². The summed E-state index contributed by atoms with van der Waals surface area (Å²) in [5.41, 5.74) is 2.48. The number of carbonyl (C=O) groups is 2. The molecule has 3 amide bonds. The monoisotopic (exact) mass is 519 g/mol. The van der Waals surface area contributed by atoms with Gasteiger partial charge in [0, 0.05) is 54.9 Å². The Morgan fingerprint density at radius 1 is 1.26 bits per heavy atom. The lowest BCUT2D eigenvalue weighted by Gasteiger charge is -2.37. The SMILES string of the molecule is COc1ccc(NC(=O)N(C)C[C@H]2Oc3ncc(-c4cccnc4)cc3C(=O)N([C@H](C)CO)C[C@@H]2C)cc1. The van der Waals surface area contributed by atoms with E-state index in [2.05, 4.69) is 15.3 Å². The van der Waals surface area contributed by atoms with E-state index in [1.807, 2.05) is 19.1 Å². The maximum Gasteiger partial charge on any atom is 0.321 e. The number of methoxy groups -OCH3 is 1. The number of benzene rings is 1. The second-order valence-corrected chi connectivity index (χ2v) is 9.48. The van der Waals surface area contributed by atoms with Gasteiger partial charge in [-0.05, 0) is 43.3 Å². The largest absolute Gasteiger partial charge is 0.497 e. The number of aromatic nitrogens is 2. The van der Waals surface area contributed by atoms with E-state index in [-0.39, 0.29) is 36.9 Å². The van der Waals surface area contributed by atoms with Crippen molar-refractivity contribution in [1.82, 2.24) is 19.8 Å². The molecule has 1 aromatic carbocycles. The van der Waals surface area contributed by atoms with Crippen LogP contribution in [0.1, 0.15) is 24.2 Å². The molecule has 0 spiro atoms. The van der Waals surface area contributed by atoms with Gasteiger partial charge in [0.05, 0.1) is 26.3 Å². The van der Waals surface area contributed by atoms with Gasteiger partial charge in [-0.3, -0.25) is 9.78 Å². The lowest BCUT2D eigenvalue weighted by atomic mass is 9.99. The van der Waals surface area contributed by atoms with Crippen molar-refractivity contribution in [3.8, 4) is 22.8 Å². The molecule has 10 heteroatoms. The zero-order valence-electron chi connectivity index (χ0n) is 22.0. The minimum absolute atomic E-state index is 0.155. The number of carbonyl (C=O) groups excluding carboxylic acids is 2. The van der Waals surface area contributed by atoms with Gasteiger partial charge in [0.1, 0.15) is 17.4 Å². The second kappa shape index (κ2) is 11.9. The number of anilines is 1. The highest BCUT2D eigenvalue weighted by molar-refractivity contribution is 5.98. The Labute approximate surface area is 222 Å². The summed E-state index contributed by atoms with van der Waals surface area (Å²) in [4.78, 5) is 38.4. The number of pyridine rings is 2. The normalized spacial score (nSPS) is 17.9. The van der Waals surface area contributed by atoms with Gasteiger partial charge < -0.3 is 29.7 Å². The summed E-state index contributed by atoms with van der Waals surface area (Å²) in [5.74, 6) is 0.466. The fraction of sp³-hybridized carbons (Fsp3) is 0.357. The van der Waals surface area contributed by atoms with E-state index >= 15 is 0 Å². The Bertz CT molecular complexity index is 1250. The summed E-state index contributed by atoms with van der Waals surface area (Å²) >= 11 is 0. The number of aliphatic hydroxyl groups excluding tert-OH is 1. The Balaban J connectivity index is 1.59. The number of ether oxygens (including phenoxy) is 2. The number of hydrogen-bond donors (Lipinski definition) is 2. The molecule has 38 heavy (non-hydrogen) atoms. The number of amides is 3. The fourth-order valence-corrected chi connectivity index (χ4v) is 4.26. The molecule has 0 bridgehead atoms. The van der Waals surface area contributed by atoms with Crippen molar-refractivity contribution in [2.75, 3.05) is 39.2 Å². The summed E-state index contributed by atoms with van der Waals surface area (Å²) in [6, 6.07) is 11.8. The maximum atomic E-state index is 13.6. The third-order valence-corrected chi connectivity index (χ3v) is 6.66. The first-order chi connectivity index (χ1) is 18.3. The predicted octanol–water partition coefficient (Wildman–Crippen LogP) is 3.54. The molecule has 2 aromatic heterocycles. The van der Waals surface area contributed by atoms with Crippen LogP contribution in [0.2, 0.25) is 0 Å². The van der Waals surface area contributed by atoms with Gasteiger partial charge in [-0.1, -0.05) is 13.0 Å². The van der Waals surface area contributed by atoms with Crippen molar-refractivity contribution in [3.05, 3.63) is 66.6 Å². The van der Waals surface area contributed by atoms with E-state index < -0.39 is 12.1 Å². The summed E-state index contributed by atoms with van der Waals surface area (Å²) in [6.07, 6.45) is 4.56. The molecule has 2 N–H and O–H groups in total. The summed E-state index contributed by atoms with van der Waals surface area (Å²) in [6.45, 7) is 4.17. The number of aliphatic hydroxyl groups is 1. The Kier molecular flexibility index (Phi) is 8.42. The lowest BCUT2D eigenvalue weighted by molar-refractivity contribution is 0.0356. The second-order valence-electron chi connectivity index (χ2n) is 9.48. The molecule has 0 aliphatic carbocycles. The molecule has 0 fully saturated rings. The van der Waals surface area contributed by atoms with Crippen molar-refractivity contribution in [1.29, 1.82) is 0 Å². The molecule has 1 aliphatic rings. The molecule has 0 radical (unpaired) electrons. The molecule has 1 aliphatic heterocycles. The highest BCUT2D eigenvalue weighted by Crippen LogP contribution is 2.30. The van der Waals surface area contributed by atoms with E-state index in [0.717, 1.165) is 11.1 Å². The number of nitrogens with zero attached hydrogens (tertiary/aromatic N) is 4. The molecule has 200 valence electrons. The van der Waals surface area contributed by atoms with Crippen LogP contribution in [0.3, 0.4) is 0 Å².